The van der Waals surface area contributed by atoms with Gasteiger partial charge < -0.3 is 14.4 Å². The number of carbonyl (C=O) groups excluding carboxylic acids is 1. The van der Waals surface area contributed by atoms with Crippen molar-refractivity contribution in [2.24, 2.45) is 0 Å². The van der Waals surface area contributed by atoms with Crippen LogP contribution in [-0.4, -0.2) is 34.5 Å². The van der Waals surface area contributed by atoms with E-state index in [9.17, 15) is 9.59 Å². The van der Waals surface area contributed by atoms with E-state index in [1.807, 2.05) is 26.0 Å². The number of benzene rings is 1. The molecule has 1 aliphatic heterocycles. The zero-order chi connectivity index (χ0) is 16.6. The van der Waals surface area contributed by atoms with E-state index < -0.39 is 5.97 Å². The molecule has 1 amide bonds. The minimum Gasteiger partial charge on any atom is -0.481 e. The van der Waals surface area contributed by atoms with Crippen molar-refractivity contribution in [3.05, 3.63) is 35.1 Å². The number of amides is 1. The molecule has 1 fully saturated rings. The van der Waals surface area contributed by atoms with Crippen LogP contribution in [0.4, 0.5) is 0 Å². The second-order valence-electron chi connectivity index (χ2n) is 6.30. The summed E-state index contributed by atoms with van der Waals surface area (Å²) in [5, 5.41) is 9.94. The van der Waals surface area contributed by atoms with Gasteiger partial charge in [0.1, 0.15) is 5.58 Å². The smallest absolute Gasteiger partial charge is 0.305 e. The molecule has 122 valence electrons. The Morgan fingerprint density at radius 2 is 2.13 bits per heavy atom. The average Bonchev–Trinajstić information content (AvgIpc) is 3.10. The molecule has 1 unspecified atom stereocenters. The standard InChI is InChI=1S/C18H21NO4/c1-11-5-6-15-13(10-23-18(15)12(11)2)8-16(20)19-7-3-4-14(19)9-17(21)22/h5-6,10,14H,3-4,7-9H2,1-2H3,(H,21,22). The molecule has 1 aromatic heterocycles. The van der Waals surface area contributed by atoms with Crippen LogP contribution < -0.4 is 0 Å². The number of aliphatic carboxylic acids is 1. The highest BCUT2D eigenvalue weighted by Gasteiger charge is 2.30. The SMILES string of the molecule is Cc1ccc2c(CC(=O)N3CCCC3CC(=O)O)coc2c1C. The average molecular weight is 315 g/mol. The van der Waals surface area contributed by atoms with Gasteiger partial charge in [-0.3, -0.25) is 9.59 Å². The summed E-state index contributed by atoms with van der Waals surface area (Å²) < 4.78 is 5.65. The van der Waals surface area contributed by atoms with Crippen molar-refractivity contribution in [1.82, 2.24) is 4.90 Å². The van der Waals surface area contributed by atoms with Crippen molar-refractivity contribution < 1.29 is 19.1 Å². The Morgan fingerprint density at radius 1 is 1.35 bits per heavy atom. The van der Waals surface area contributed by atoms with E-state index in [1.165, 1.54) is 0 Å². The molecule has 5 heteroatoms. The fourth-order valence-corrected chi connectivity index (χ4v) is 3.37. The van der Waals surface area contributed by atoms with E-state index in [0.717, 1.165) is 40.5 Å². The molecule has 2 heterocycles. The third kappa shape index (κ3) is 2.96. The molecule has 3 rings (SSSR count). The van der Waals surface area contributed by atoms with Crippen LogP contribution in [0.25, 0.3) is 11.0 Å². The Bertz CT molecular complexity index is 762. The molecule has 1 atom stereocenters. The second kappa shape index (κ2) is 6.07. The molecule has 5 nitrogen and oxygen atoms in total. The molecule has 2 aromatic rings. The van der Waals surface area contributed by atoms with Gasteiger partial charge in [0.2, 0.25) is 5.91 Å². The molecular weight excluding hydrogens is 294 g/mol. The van der Waals surface area contributed by atoms with Crippen LogP contribution in [0.3, 0.4) is 0 Å². The number of fused-ring (bicyclic) bond motifs is 1. The van der Waals surface area contributed by atoms with Gasteiger partial charge in [0.25, 0.3) is 0 Å². The third-order valence-corrected chi connectivity index (χ3v) is 4.79. The number of carbonyl (C=O) groups is 2. The molecule has 0 radical (unpaired) electrons. The fraction of sp³-hybridized carbons (Fsp3) is 0.444. The van der Waals surface area contributed by atoms with Gasteiger partial charge in [-0.05, 0) is 37.8 Å². The van der Waals surface area contributed by atoms with Gasteiger partial charge in [0, 0.05) is 23.5 Å². The van der Waals surface area contributed by atoms with Gasteiger partial charge in [-0.1, -0.05) is 12.1 Å². The Hall–Kier alpha value is -2.30. The maximum Gasteiger partial charge on any atom is 0.305 e. The van der Waals surface area contributed by atoms with Gasteiger partial charge in [0.15, 0.2) is 0 Å². The van der Waals surface area contributed by atoms with E-state index in [1.54, 1.807) is 11.2 Å². The number of aryl methyl sites for hydroxylation is 2. The van der Waals surface area contributed by atoms with Crippen LogP contribution in [0.15, 0.2) is 22.8 Å². The lowest BCUT2D eigenvalue weighted by Crippen LogP contribution is -2.37. The Balaban J connectivity index is 1.80. The van der Waals surface area contributed by atoms with Gasteiger partial charge >= 0.3 is 5.97 Å². The van der Waals surface area contributed by atoms with Crippen LogP contribution in [0, 0.1) is 13.8 Å². The number of likely N-dealkylation sites (tertiary alicyclic amines) is 1. The number of hydrogen-bond acceptors (Lipinski definition) is 3. The maximum atomic E-state index is 12.6. The molecule has 1 saturated heterocycles. The number of carboxylic acids is 1. The summed E-state index contributed by atoms with van der Waals surface area (Å²) in [4.78, 5) is 25.2. The van der Waals surface area contributed by atoms with Crippen LogP contribution in [0.1, 0.15) is 36.0 Å². The molecule has 1 N–H and O–H groups in total. The maximum absolute atomic E-state index is 12.6. The summed E-state index contributed by atoms with van der Waals surface area (Å²) in [7, 11) is 0. The molecule has 0 spiro atoms. The molecule has 1 aromatic carbocycles. The first-order valence-corrected chi connectivity index (χ1v) is 7.95. The first kappa shape index (κ1) is 15.6. The number of furan rings is 1. The first-order chi connectivity index (χ1) is 11.0. The van der Waals surface area contributed by atoms with E-state index in [0.29, 0.717) is 6.54 Å². The summed E-state index contributed by atoms with van der Waals surface area (Å²) in [6.45, 7) is 4.68. The topological polar surface area (TPSA) is 70.8 Å². The quantitative estimate of drug-likeness (QED) is 0.941. The fourth-order valence-electron chi connectivity index (χ4n) is 3.37. The summed E-state index contributed by atoms with van der Waals surface area (Å²) >= 11 is 0. The Morgan fingerprint density at radius 3 is 2.87 bits per heavy atom. The van der Waals surface area contributed by atoms with Gasteiger partial charge in [-0.15, -0.1) is 0 Å². The summed E-state index contributed by atoms with van der Waals surface area (Å²) in [5.74, 6) is -0.871. The predicted molar refractivity (Wildman–Crippen MR) is 86.4 cm³/mol. The summed E-state index contributed by atoms with van der Waals surface area (Å²) in [5.41, 5.74) is 3.95. The van der Waals surface area contributed by atoms with Gasteiger partial charge in [0.05, 0.1) is 19.1 Å². The van der Waals surface area contributed by atoms with Crippen molar-refractivity contribution in [2.45, 2.75) is 45.6 Å². The molecular formula is C18H21NO4. The first-order valence-electron chi connectivity index (χ1n) is 7.95. The van der Waals surface area contributed by atoms with E-state index in [4.69, 9.17) is 9.52 Å². The number of carboxylic acid groups (broad SMARTS) is 1. The number of rotatable bonds is 4. The van der Waals surface area contributed by atoms with Crippen molar-refractivity contribution in [1.29, 1.82) is 0 Å². The van der Waals surface area contributed by atoms with Crippen molar-refractivity contribution in [3.63, 3.8) is 0 Å². The van der Waals surface area contributed by atoms with E-state index >= 15 is 0 Å². The van der Waals surface area contributed by atoms with Gasteiger partial charge in [-0.25, -0.2) is 0 Å². The lowest BCUT2D eigenvalue weighted by Gasteiger charge is -2.23. The number of hydrogen-bond donors (Lipinski definition) is 1. The highest BCUT2D eigenvalue weighted by molar-refractivity contribution is 5.90. The number of nitrogens with zero attached hydrogens (tertiary/aromatic N) is 1. The van der Waals surface area contributed by atoms with Crippen molar-refractivity contribution >= 4 is 22.8 Å². The lowest BCUT2D eigenvalue weighted by molar-refractivity contribution is -0.139. The van der Waals surface area contributed by atoms with Crippen LogP contribution in [0.5, 0.6) is 0 Å². The molecule has 0 bridgehead atoms. The van der Waals surface area contributed by atoms with Crippen molar-refractivity contribution in [2.75, 3.05) is 6.54 Å². The van der Waals surface area contributed by atoms with Crippen LogP contribution in [-0.2, 0) is 16.0 Å². The van der Waals surface area contributed by atoms with Crippen LogP contribution >= 0.6 is 0 Å². The minimum absolute atomic E-state index is 0.0188. The largest absolute Gasteiger partial charge is 0.481 e. The molecule has 0 aliphatic carbocycles. The third-order valence-electron chi connectivity index (χ3n) is 4.79. The minimum atomic E-state index is -0.852. The highest BCUT2D eigenvalue weighted by Crippen LogP contribution is 2.28. The van der Waals surface area contributed by atoms with E-state index in [-0.39, 0.29) is 24.8 Å². The predicted octanol–water partition coefficient (Wildman–Crippen LogP) is 3.06. The zero-order valence-corrected chi connectivity index (χ0v) is 13.5. The summed E-state index contributed by atoms with van der Waals surface area (Å²) in [6.07, 6.45) is 3.57. The molecule has 1 aliphatic rings. The Kier molecular flexibility index (Phi) is 4.11. The highest BCUT2D eigenvalue weighted by atomic mass is 16.4. The summed E-state index contributed by atoms with van der Waals surface area (Å²) in [6, 6.07) is 3.84. The van der Waals surface area contributed by atoms with E-state index in [2.05, 4.69) is 0 Å². The van der Waals surface area contributed by atoms with Gasteiger partial charge in [-0.2, -0.15) is 0 Å². The normalized spacial score (nSPS) is 17.8. The molecule has 23 heavy (non-hydrogen) atoms. The van der Waals surface area contributed by atoms with Crippen molar-refractivity contribution in [3.8, 4) is 0 Å². The molecule has 0 saturated carbocycles. The second-order valence-corrected chi connectivity index (χ2v) is 6.30. The monoisotopic (exact) mass is 315 g/mol. The Labute approximate surface area is 134 Å². The van der Waals surface area contributed by atoms with Crippen LogP contribution in [0.2, 0.25) is 0 Å². The lowest BCUT2D eigenvalue weighted by atomic mass is 10.0. The zero-order valence-electron chi connectivity index (χ0n) is 13.5.